The Balaban J connectivity index is 2.07. The van der Waals surface area contributed by atoms with Crippen molar-refractivity contribution in [1.29, 1.82) is 0 Å². The number of nitrogens with two attached hydrogens (primary N) is 1. The standard InChI is InChI=1S/C10H13N3O2S/c1-16-6-4-7(11)10-12-9(13-15-10)8-3-2-5-14-8/h2-3,5,7H,4,6,11H2,1H3/t7-/m1/s1. The minimum Gasteiger partial charge on any atom is -0.461 e. The number of hydrogen-bond donors (Lipinski definition) is 1. The van der Waals surface area contributed by atoms with Crippen molar-refractivity contribution in [3.05, 3.63) is 24.3 Å². The molecule has 0 saturated carbocycles. The van der Waals surface area contributed by atoms with Gasteiger partial charge in [0.2, 0.25) is 11.7 Å². The molecule has 86 valence electrons. The lowest BCUT2D eigenvalue weighted by molar-refractivity contribution is 0.352. The summed E-state index contributed by atoms with van der Waals surface area (Å²) < 4.78 is 10.3. The molecule has 2 heterocycles. The summed E-state index contributed by atoms with van der Waals surface area (Å²) in [4.78, 5) is 4.20. The molecule has 0 fully saturated rings. The molecule has 2 aromatic heterocycles. The summed E-state index contributed by atoms with van der Waals surface area (Å²) >= 11 is 1.74. The van der Waals surface area contributed by atoms with Gasteiger partial charge in [-0.05, 0) is 30.6 Å². The van der Waals surface area contributed by atoms with E-state index >= 15 is 0 Å². The molecule has 2 aromatic rings. The molecule has 0 saturated heterocycles. The van der Waals surface area contributed by atoms with Crippen LogP contribution in [0.15, 0.2) is 27.3 Å². The van der Waals surface area contributed by atoms with Crippen molar-refractivity contribution in [2.45, 2.75) is 12.5 Å². The average molecular weight is 239 g/mol. The fourth-order valence-corrected chi connectivity index (χ4v) is 1.75. The van der Waals surface area contributed by atoms with Gasteiger partial charge in [-0.25, -0.2) is 0 Å². The molecular formula is C10H13N3O2S. The van der Waals surface area contributed by atoms with Crippen LogP contribution in [-0.2, 0) is 0 Å². The van der Waals surface area contributed by atoms with Crippen LogP contribution in [0.4, 0.5) is 0 Å². The molecule has 0 unspecified atom stereocenters. The molecule has 1 atom stereocenters. The van der Waals surface area contributed by atoms with Gasteiger partial charge in [0.1, 0.15) is 0 Å². The smallest absolute Gasteiger partial charge is 0.244 e. The molecule has 2 N–H and O–H groups in total. The highest BCUT2D eigenvalue weighted by molar-refractivity contribution is 7.98. The molecule has 0 aromatic carbocycles. The summed E-state index contributed by atoms with van der Waals surface area (Å²) in [6.07, 6.45) is 4.43. The van der Waals surface area contributed by atoms with Crippen molar-refractivity contribution < 1.29 is 8.94 Å². The summed E-state index contributed by atoms with van der Waals surface area (Å²) in [6.45, 7) is 0. The normalized spacial score (nSPS) is 12.9. The quantitative estimate of drug-likeness (QED) is 0.860. The van der Waals surface area contributed by atoms with Gasteiger partial charge in [-0.1, -0.05) is 5.16 Å². The topological polar surface area (TPSA) is 78.1 Å². The highest BCUT2D eigenvalue weighted by Gasteiger charge is 2.16. The van der Waals surface area contributed by atoms with Crippen molar-refractivity contribution in [2.24, 2.45) is 5.73 Å². The molecule has 0 radical (unpaired) electrons. The monoisotopic (exact) mass is 239 g/mol. The summed E-state index contributed by atoms with van der Waals surface area (Å²) in [6, 6.07) is 3.35. The zero-order valence-corrected chi connectivity index (χ0v) is 9.74. The predicted octanol–water partition coefficient (Wildman–Crippen LogP) is 2.08. The van der Waals surface area contributed by atoms with Crippen molar-refractivity contribution in [3.8, 4) is 11.6 Å². The van der Waals surface area contributed by atoms with Gasteiger partial charge in [0.05, 0.1) is 12.3 Å². The molecule has 0 bridgehead atoms. The van der Waals surface area contributed by atoms with Crippen LogP contribution in [0.5, 0.6) is 0 Å². The fourth-order valence-electron chi connectivity index (χ4n) is 1.26. The molecule has 2 rings (SSSR count). The third-order valence-corrected chi connectivity index (χ3v) is 2.78. The van der Waals surface area contributed by atoms with Gasteiger partial charge in [-0.3, -0.25) is 0 Å². The maximum absolute atomic E-state index is 5.91. The van der Waals surface area contributed by atoms with E-state index in [9.17, 15) is 0 Å². The lowest BCUT2D eigenvalue weighted by Crippen LogP contribution is -2.11. The molecule has 0 aliphatic rings. The number of furan rings is 1. The summed E-state index contributed by atoms with van der Waals surface area (Å²) in [5.74, 6) is 2.46. The molecule has 0 aliphatic heterocycles. The lowest BCUT2D eigenvalue weighted by Gasteiger charge is -2.03. The Morgan fingerprint density at radius 3 is 3.12 bits per heavy atom. The predicted molar refractivity (Wildman–Crippen MR) is 61.9 cm³/mol. The van der Waals surface area contributed by atoms with Gasteiger partial charge in [-0.2, -0.15) is 16.7 Å². The zero-order valence-electron chi connectivity index (χ0n) is 8.92. The Labute approximate surface area is 97.4 Å². The first kappa shape index (κ1) is 11.2. The first-order chi connectivity index (χ1) is 7.81. The van der Waals surface area contributed by atoms with Crippen molar-refractivity contribution in [2.75, 3.05) is 12.0 Å². The lowest BCUT2D eigenvalue weighted by atomic mass is 10.2. The van der Waals surface area contributed by atoms with E-state index in [1.165, 1.54) is 0 Å². The van der Waals surface area contributed by atoms with Crippen molar-refractivity contribution in [3.63, 3.8) is 0 Å². The minimum atomic E-state index is -0.205. The SMILES string of the molecule is CSCC[C@@H](N)c1nc(-c2ccco2)no1. The molecular weight excluding hydrogens is 226 g/mol. The Bertz CT molecular complexity index is 427. The number of nitrogens with zero attached hydrogens (tertiary/aromatic N) is 2. The van der Waals surface area contributed by atoms with E-state index in [0.717, 1.165) is 12.2 Å². The van der Waals surface area contributed by atoms with Gasteiger partial charge >= 0.3 is 0 Å². The molecule has 0 aliphatic carbocycles. The van der Waals surface area contributed by atoms with E-state index in [4.69, 9.17) is 14.7 Å². The van der Waals surface area contributed by atoms with Crippen molar-refractivity contribution >= 4 is 11.8 Å². The van der Waals surface area contributed by atoms with Crippen LogP contribution < -0.4 is 5.73 Å². The maximum Gasteiger partial charge on any atom is 0.244 e. The Kier molecular flexibility index (Phi) is 3.63. The third kappa shape index (κ3) is 2.45. The molecule has 0 amide bonds. The summed E-state index contributed by atoms with van der Waals surface area (Å²) in [5, 5.41) is 3.82. The van der Waals surface area contributed by atoms with E-state index in [2.05, 4.69) is 10.1 Å². The van der Waals surface area contributed by atoms with Gasteiger partial charge in [0.15, 0.2) is 5.76 Å². The molecule has 6 heteroatoms. The van der Waals surface area contributed by atoms with Crippen LogP contribution in [0.2, 0.25) is 0 Å². The number of rotatable bonds is 5. The minimum absolute atomic E-state index is 0.205. The molecule has 0 spiro atoms. The summed E-state index contributed by atoms with van der Waals surface area (Å²) in [7, 11) is 0. The largest absolute Gasteiger partial charge is 0.461 e. The number of hydrogen-bond acceptors (Lipinski definition) is 6. The third-order valence-electron chi connectivity index (χ3n) is 2.13. The van der Waals surface area contributed by atoms with Crippen LogP contribution in [0.3, 0.4) is 0 Å². The van der Waals surface area contributed by atoms with Crippen LogP contribution in [-0.4, -0.2) is 22.1 Å². The highest BCUT2D eigenvalue weighted by atomic mass is 32.2. The maximum atomic E-state index is 5.91. The van der Waals surface area contributed by atoms with Gasteiger partial charge < -0.3 is 14.7 Å². The first-order valence-electron chi connectivity index (χ1n) is 4.93. The van der Waals surface area contributed by atoms with Gasteiger partial charge in [0.25, 0.3) is 0 Å². The van der Waals surface area contributed by atoms with E-state index in [1.54, 1.807) is 30.2 Å². The number of aromatic nitrogens is 2. The Morgan fingerprint density at radius 2 is 2.44 bits per heavy atom. The van der Waals surface area contributed by atoms with Crippen LogP contribution in [0.1, 0.15) is 18.4 Å². The van der Waals surface area contributed by atoms with E-state index in [0.29, 0.717) is 17.5 Å². The van der Waals surface area contributed by atoms with Crippen LogP contribution >= 0.6 is 11.8 Å². The summed E-state index contributed by atoms with van der Waals surface area (Å²) in [5.41, 5.74) is 5.91. The van der Waals surface area contributed by atoms with Crippen LogP contribution in [0.25, 0.3) is 11.6 Å². The Morgan fingerprint density at radius 1 is 1.56 bits per heavy atom. The van der Waals surface area contributed by atoms with Crippen molar-refractivity contribution in [1.82, 2.24) is 10.1 Å². The number of thioether (sulfide) groups is 1. The average Bonchev–Trinajstić information content (AvgIpc) is 2.94. The molecule has 5 nitrogen and oxygen atoms in total. The van der Waals surface area contributed by atoms with E-state index in [-0.39, 0.29) is 6.04 Å². The zero-order chi connectivity index (χ0) is 11.4. The van der Waals surface area contributed by atoms with E-state index < -0.39 is 0 Å². The van der Waals surface area contributed by atoms with E-state index in [1.807, 2.05) is 6.26 Å². The molecule has 16 heavy (non-hydrogen) atoms. The second-order valence-electron chi connectivity index (χ2n) is 3.32. The Hall–Kier alpha value is -1.27. The second-order valence-corrected chi connectivity index (χ2v) is 4.31. The fraction of sp³-hybridized carbons (Fsp3) is 0.400. The van der Waals surface area contributed by atoms with Crippen LogP contribution in [0, 0.1) is 0 Å². The highest BCUT2D eigenvalue weighted by Crippen LogP contribution is 2.20. The first-order valence-corrected chi connectivity index (χ1v) is 6.32. The van der Waals surface area contributed by atoms with Gasteiger partial charge in [-0.15, -0.1) is 0 Å². The van der Waals surface area contributed by atoms with Gasteiger partial charge in [0, 0.05) is 0 Å². The second kappa shape index (κ2) is 5.18.